The molecule has 2 rings (SSSR count). The largest absolute Gasteiger partial charge is 0.383 e. The van der Waals surface area contributed by atoms with Gasteiger partial charge in [0.2, 0.25) is 5.91 Å². The number of fused-ring (bicyclic) bond motifs is 1. The maximum absolute atomic E-state index is 12.4. The van der Waals surface area contributed by atoms with E-state index in [2.05, 4.69) is 5.32 Å². The number of nitrogens with zero attached hydrogens (tertiary/aromatic N) is 1. The van der Waals surface area contributed by atoms with Crippen molar-refractivity contribution >= 4 is 29.3 Å². The van der Waals surface area contributed by atoms with Crippen molar-refractivity contribution < 1.29 is 14.3 Å². The fraction of sp³-hybridized carbons (Fsp3) is 0.429. The Hall–Kier alpha value is -1.53. The fourth-order valence-corrected chi connectivity index (χ4v) is 2.76. The van der Waals surface area contributed by atoms with Crippen molar-refractivity contribution in [1.29, 1.82) is 0 Å². The van der Waals surface area contributed by atoms with Crippen molar-refractivity contribution in [3.05, 3.63) is 23.8 Å². The van der Waals surface area contributed by atoms with E-state index in [1.807, 2.05) is 13.0 Å². The Kier molecular flexibility index (Phi) is 4.67. The molecule has 2 amide bonds. The third-order valence-corrected chi connectivity index (χ3v) is 4.32. The van der Waals surface area contributed by atoms with Crippen LogP contribution >= 0.6 is 11.8 Å². The lowest BCUT2D eigenvalue weighted by Crippen LogP contribution is -2.37. The molecule has 1 atom stereocenters. The number of carbonyl (C=O) groups excluding carboxylic acids is 2. The quantitative estimate of drug-likeness (QED) is 0.920. The van der Waals surface area contributed by atoms with Crippen molar-refractivity contribution in [3.8, 4) is 0 Å². The van der Waals surface area contributed by atoms with E-state index >= 15 is 0 Å². The molecule has 1 aromatic carbocycles. The van der Waals surface area contributed by atoms with Crippen LogP contribution in [0.15, 0.2) is 23.1 Å². The second-order valence-electron chi connectivity index (χ2n) is 4.77. The van der Waals surface area contributed by atoms with Gasteiger partial charge in [-0.25, -0.2) is 0 Å². The molecular weight excluding hydrogens is 276 g/mol. The summed E-state index contributed by atoms with van der Waals surface area (Å²) in [5.74, 6) is 0.306. The van der Waals surface area contributed by atoms with Crippen molar-refractivity contribution in [1.82, 2.24) is 4.90 Å². The number of benzene rings is 1. The lowest BCUT2D eigenvalue weighted by Gasteiger charge is -2.25. The lowest BCUT2D eigenvalue weighted by molar-refractivity contribution is -0.113. The van der Waals surface area contributed by atoms with Crippen LogP contribution in [0, 0.1) is 0 Å². The summed E-state index contributed by atoms with van der Waals surface area (Å²) in [7, 11) is 3.36. The standard InChI is InChI=1S/C14H18N2O3S/c1-9(7-19-3)16(2)14(18)10-4-5-12-11(6-10)15-13(17)8-20-12/h4-6,9H,7-8H2,1-3H3,(H,15,17). The smallest absolute Gasteiger partial charge is 0.253 e. The maximum Gasteiger partial charge on any atom is 0.253 e. The third-order valence-electron chi connectivity index (χ3n) is 3.25. The van der Waals surface area contributed by atoms with E-state index in [0.29, 0.717) is 23.6 Å². The van der Waals surface area contributed by atoms with Gasteiger partial charge < -0.3 is 15.0 Å². The van der Waals surface area contributed by atoms with Crippen LogP contribution in [0.1, 0.15) is 17.3 Å². The number of carbonyl (C=O) groups is 2. The van der Waals surface area contributed by atoms with Gasteiger partial charge in [-0.15, -0.1) is 11.8 Å². The molecule has 0 saturated heterocycles. The monoisotopic (exact) mass is 294 g/mol. The second kappa shape index (κ2) is 6.28. The number of hydrogen-bond donors (Lipinski definition) is 1. The minimum atomic E-state index is -0.0813. The molecule has 20 heavy (non-hydrogen) atoms. The molecule has 1 heterocycles. The number of hydrogen-bond acceptors (Lipinski definition) is 4. The minimum absolute atomic E-state index is 0.00695. The molecule has 1 aliphatic heterocycles. The van der Waals surface area contributed by atoms with Gasteiger partial charge in [-0.3, -0.25) is 9.59 Å². The van der Waals surface area contributed by atoms with Crippen LogP contribution in [0.4, 0.5) is 5.69 Å². The van der Waals surface area contributed by atoms with Crippen LogP contribution in [0.2, 0.25) is 0 Å². The molecule has 0 saturated carbocycles. The Morgan fingerprint density at radius 1 is 1.55 bits per heavy atom. The van der Waals surface area contributed by atoms with E-state index in [1.54, 1.807) is 31.2 Å². The van der Waals surface area contributed by atoms with Crippen LogP contribution in [0.5, 0.6) is 0 Å². The maximum atomic E-state index is 12.4. The molecule has 5 nitrogen and oxygen atoms in total. The highest BCUT2D eigenvalue weighted by Crippen LogP contribution is 2.32. The number of likely N-dealkylation sites (N-methyl/N-ethyl adjacent to an activating group) is 1. The molecule has 1 unspecified atom stereocenters. The summed E-state index contributed by atoms with van der Waals surface area (Å²) in [5.41, 5.74) is 1.28. The second-order valence-corrected chi connectivity index (χ2v) is 5.79. The summed E-state index contributed by atoms with van der Waals surface area (Å²) in [6.45, 7) is 2.41. The topological polar surface area (TPSA) is 58.6 Å². The summed E-state index contributed by atoms with van der Waals surface area (Å²) >= 11 is 1.48. The summed E-state index contributed by atoms with van der Waals surface area (Å²) in [5, 5.41) is 2.79. The van der Waals surface area contributed by atoms with Gasteiger partial charge in [0.15, 0.2) is 0 Å². The molecule has 0 aliphatic carbocycles. The van der Waals surface area contributed by atoms with E-state index < -0.39 is 0 Å². The Labute approximate surface area is 122 Å². The van der Waals surface area contributed by atoms with Crippen LogP contribution in [0.25, 0.3) is 0 Å². The van der Waals surface area contributed by atoms with Crippen molar-refractivity contribution in [2.45, 2.75) is 17.9 Å². The van der Waals surface area contributed by atoms with Gasteiger partial charge in [-0.2, -0.15) is 0 Å². The average molecular weight is 294 g/mol. The van der Waals surface area contributed by atoms with Gasteiger partial charge in [0.25, 0.3) is 5.91 Å². The van der Waals surface area contributed by atoms with Gasteiger partial charge in [-0.1, -0.05) is 0 Å². The zero-order valence-corrected chi connectivity index (χ0v) is 12.6. The molecule has 1 aromatic rings. The zero-order valence-electron chi connectivity index (χ0n) is 11.8. The zero-order chi connectivity index (χ0) is 14.7. The summed E-state index contributed by atoms with van der Waals surface area (Å²) < 4.78 is 5.06. The van der Waals surface area contributed by atoms with Crippen molar-refractivity contribution in [3.63, 3.8) is 0 Å². The number of nitrogens with one attached hydrogen (secondary N) is 1. The highest BCUT2D eigenvalue weighted by molar-refractivity contribution is 8.00. The van der Waals surface area contributed by atoms with Gasteiger partial charge in [0.1, 0.15) is 0 Å². The molecule has 0 spiro atoms. The van der Waals surface area contributed by atoms with Crippen molar-refractivity contribution in [2.24, 2.45) is 0 Å². The average Bonchev–Trinajstić information content (AvgIpc) is 2.45. The van der Waals surface area contributed by atoms with E-state index in [-0.39, 0.29) is 17.9 Å². The predicted octanol–water partition coefficient (Wildman–Crippen LogP) is 1.84. The third kappa shape index (κ3) is 3.13. The molecular formula is C14H18N2O3S. The molecule has 1 aliphatic rings. The van der Waals surface area contributed by atoms with Gasteiger partial charge in [0, 0.05) is 24.6 Å². The van der Waals surface area contributed by atoms with Gasteiger partial charge >= 0.3 is 0 Å². The van der Waals surface area contributed by atoms with Gasteiger partial charge in [0.05, 0.1) is 24.1 Å². The number of anilines is 1. The minimum Gasteiger partial charge on any atom is -0.383 e. The Morgan fingerprint density at radius 2 is 2.30 bits per heavy atom. The molecule has 0 fully saturated rings. The molecule has 0 radical (unpaired) electrons. The normalized spacial score (nSPS) is 15.2. The van der Waals surface area contributed by atoms with E-state index in [0.717, 1.165) is 4.90 Å². The van der Waals surface area contributed by atoms with E-state index in [4.69, 9.17) is 4.74 Å². The first-order valence-electron chi connectivity index (χ1n) is 6.35. The van der Waals surface area contributed by atoms with Crippen LogP contribution in [-0.4, -0.2) is 49.3 Å². The first-order valence-corrected chi connectivity index (χ1v) is 7.34. The number of rotatable bonds is 4. The number of methoxy groups -OCH3 is 1. The van der Waals surface area contributed by atoms with Crippen LogP contribution in [-0.2, 0) is 9.53 Å². The fourth-order valence-electron chi connectivity index (χ4n) is 1.97. The molecule has 1 N–H and O–H groups in total. The van der Waals surface area contributed by atoms with Crippen LogP contribution in [0.3, 0.4) is 0 Å². The SMILES string of the molecule is COCC(C)N(C)C(=O)c1ccc2c(c1)NC(=O)CS2. The van der Waals surface area contributed by atoms with Gasteiger partial charge in [-0.05, 0) is 25.1 Å². The van der Waals surface area contributed by atoms with Crippen molar-refractivity contribution in [2.75, 3.05) is 31.8 Å². The number of thioether (sulfide) groups is 1. The van der Waals surface area contributed by atoms with Crippen LogP contribution < -0.4 is 5.32 Å². The molecule has 108 valence electrons. The predicted molar refractivity (Wildman–Crippen MR) is 79.2 cm³/mol. The highest BCUT2D eigenvalue weighted by atomic mass is 32.2. The first-order chi connectivity index (χ1) is 9.52. The molecule has 0 aromatic heterocycles. The number of ether oxygens (including phenoxy) is 1. The summed E-state index contributed by atoms with van der Waals surface area (Å²) in [4.78, 5) is 26.4. The highest BCUT2D eigenvalue weighted by Gasteiger charge is 2.21. The molecule has 0 bridgehead atoms. The van der Waals surface area contributed by atoms with E-state index in [1.165, 1.54) is 11.8 Å². The van der Waals surface area contributed by atoms with E-state index in [9.17, 15) is 9.59 Å². The Balaban J connectivity index is 2.18. The Bertz CT molecular complexity index is 533. The Morgan fingerprint density at radius 3 is 3.00 bits per heavy atom. The number of amides is 2. The molecule has 6 heteroatoms. The lowest BCUT2D eigenvalue weighted by atomic mass is 10.1. The first kappa shape index (κ1) is 14.9. The summed E-state index contributed by atoms with van der Waals surface area (Å²) in [6, 6.07) is 5.40. The summed E-state index contributed by atoms with van der Waals surface area (Å²) in [6.07, 6.45) is 0.